The van der Waals surface area contributed by atoms with Crippen LogP contribution in [0.15, 0.2) is 42.9 Å². The third-order valence-electron chi connectivity index (χ3n) is 5.23. The number of aromatic amines is 1. The number of hydrogen-bond donors (Lipinski definition) is 3. The van der Waals surface area contributed by atoms with E-state index in [4.69, 9.17) is 0 Å². The number of nitrogens with one attached hydrogen (secondary N) is 3. The van der Waals surface area contributed by atoms with E-state index in [2.05, 4.69) is 62.8 Å². The van der Waals surface area contributed by atoms with Gasteiger partial charge in [-0.05, 0) is 30.7 Å². The average molecular weight is 372 g/mol. The zero-order valence-electron chi connectivity index (χ0n) is 16.0. The van der Waals surface area contributed by atoms with Crippen LogP contribution in [0.2, 0.25) is 0 Å². The first kappa shape index (κ1) is 18.2. The van der Waals surface area contributed by atoms with Crippen LogP contribution in [0.1, 0.15) is 16.7 Å². The molecule has 6 nitrogen and oxygen atoms in total. The Hall–Kier alpha value is -3.14. The van der Waals surface area contributed by atoms with E-state index in [0.717, 1.165) is 60.7 Å². The van der Waals surface area contributed by atoms with Gasteiger partial charge in [-0.15, -0.1) is 0 Å². The lowest BCUT2D eigenvalue weighted by molar-refractivity contribution is 0.265. The summed E-state index contributed by atoms with van der Waals surface area (Å²) in [5.74, 6) is 0. The van der Waals surface area contributed by atoms with Gasteiger partial charge in [0.2, 0.25) is 0 Å². The molecule has 1 aromatic carbocycles. The molecule has 0 unspecified atom stereocenters. The maximum atomic E-state index is 9.58. The molecule has 28 heavy (non-hydrogen) atoms. The molecule has 0 bridgehead atoms. The molecule has 0 spiro atoms. The van der Waals surface area contributed by atoms with Crippen molar-refractivity contribution in [1.82, 2.24) is 20.2 Å². The minimum absolute atomic E-state index is 0.540. The van der Waals surface area contributed by atoms with E-state index in [1.165, 1.54) is 5.39 Å². The zero-order chi connectivity index (χ0) is 19.3. The lowest BCUT2D eigenvalue weighted by Gasteiger charge is -2.25. The summed E-state index contributed by atoms with van der Waals surface area (Å²) < 4.78 is 0. The van der Waals surface area contributed by atoms with E-state index >= 15 is 0 Å². The van der Waals surface area contributed by atoms with Crippen molar-refractivity contribution < 1.29 is 0 Å². The van der Waals surface area contributed by atoms with E-state index in [1.807, 2.05) is 18.5 Å². The number of anilines is 2. The van der Waals surface area contributed by atoms with Gasteiger partial charge in [0.15, 0.2) is 0 Å². The van der Waals surface area contributed by atoms with E-state index < -0.39 is 0 Å². The Kier molecular flexibility index (Phi) is 5.38. The number of pyridine rings is 1. The molecule has 4 rings (SSSR count). The number of rotatable bonds is 5. The molecule has 142 valence electrons. The summed E-state index contributed by atoms with van der Waals surface area (Å²) in [6.45, 7) is 7.17. The predicted molar refractivity (Wildman–Crippen MR) is 114 cm³/mol. The Morgan fingerprint density at radius 1 is 1.25 bits per heavy atom. The van der Waals surface area contributed by atoms with Crippen molar-refractivity contribution >= 4 is 28.4 Å². The second kappa shape index (κ2) is 8.26. The van der Waals surface area contributed by atoms with Crippen molar-refractivity contribution in [3.8, 4) is 6.07 Å². The Morgan fingerprint density at radius 3 is 2.93 bits per heavy atom. The molecule has 3 N–H and O–H groups in total. The summed E-state index contributed by atoms with van der Waals surface area (Å²) in [4.78, 5) is 9.89. The van der Waals surface area contributed by atoms with Gasteiger partial charge in [-0.3, -0.25) is 9.88 Å². The number of H-pyrrole nitrogens is 1. The van der Waals surface area contributed by atoms with Crippen LogP contribution in [0.5, 0.6) is 0 Å². The fourth-order valence-electron chi connectivity index (χ4n) is 3.60. The lowest BCUT2D eigenvalue weighted by Crippen LogP contribution is -2.43. The van der Waals surface area contributed by atoms with Gasteiger partial charge >= 0.3 is 0 Å². The summed E-state index contributed by atoms with van der Waals surface area (Å²) in [6.07, 6.45) is 9.57. The Morgan fingerprint density at radius 2 is 2.11 bits per heavy atom. The molecule has 1 fully saturated rings. The van der Waals surface area contributed by atoms with Gasteiger partial charge in [-0.1, -0.05) is 12.2 Å². The van der Waals surface area contributed by atoms with Crippen LogP contribution in [-0.4, -0.2) is 47.6 Å². The number of nitriles is 1. The molecule has 0 saturated carbocycles. The number of benzene rings is 1. The second-order valence-electron chi connectivity index (χ2n) is 7.02. The summed E-state index contributed by atoms with van der Waals surface area (Å²) in [5, 5.41) is 17.6. The van der Waals surface area contributed by atoms with Gasteiger partial charge < -0.3 is 15.6 Å². The number of nitrogens with zero attached hydrogens (tertiary/aromatic N) is 3. The summed E-state index contributed by atoms with van der Waals surface area (Å²) >= 11 is 0. The smallest absolute Gasteiger partial charge is 0.103 e. The van der Waals surface area contributed by atoms with Gasteiger partial charge in [-0.25, -0.2) is 0 Å². The first-order valence-electron chi connectivity index (χ1n) is 9.57. The molecule has 3 heterocycles. The summed E-state index contributed by atoms with van der Waals surface area (Å²) in [6, 6.07) is 8.43. The SMILES string of the molecule is Cc1c(Nc2c(C#N)cncc2C=CCN2CCNCC2)ccc2[nH]ccc12. The maximum Gasteiger partial charge on any atom is 0.103 e. The molecule has 0 atom stereocenters. The molecule has 2 aromatic heterocycles. The second-order valence-corrected chi connectivity index (χ2v) is 7.02. The van der Waals surface area contributed by atoms with Gasteiger partial charge in [0, 0.05) is 73.5 Å². The maximum absolute atomic E-state index is 9.58. The van der Waals surface area contributed by atoms with Gasteiger partial charge in [0.1, 0.15) is 6.07 Å². The van der Waals surface area contributed by atoms with Crippen molar-refractivity contribution in [2.75, 3.05) is 38.0 Å². The fourth-order valence-corrected chi connectivity index (χ4v) is 3.60. The summed E-state index contributed by atoms with van der Waals surface area (Å²) in [5.41, 5.74) is 5.50. The average Bonchev–Trinajstić information content (AvgIpc) is 3.21. The van der Waals surface area contributed by atoms with Crippen LogP contribution in [0.4, 0.5) is 11.4 Å². The number of fused-ring (bicyclic) bond motifs is 1. The minimum atomic E-state index is 0.540. The highest BCUT2D eigenvalue weighted by Gasteiger charge is 2.11. The predicted octanol–water partition coefficient (Wildman–Crippen LogP) is 3.41. The molecular formula is C22H24N6. The Bertz CT molecular complexity index is 1040. The number of aromatic nitrogens is 2. The molecule has 6 heteroatoms. The van der Waals surface area contributed by atoms with Gasteiger partial charge in [-0.2, -0.15) is 5.26 Å². The van der Waals surface area contributed by atoms with Gasteiger partial charge in [0.25, 0.3) is 0 Å². The van der Waals surface area contributed by atoms with Crippen LogP contribution in [-0.2, 0) is 0 Å². The highest BCUT2D eigenvalue weighted by molar-refractivity contribution is 5.89. The monoisotopic (exact) mass is 372 g/mol. The largest absolute Gasteiger partial charge is 0.361 e. The number of piperazine rings is 1. The Labute approximate surface area is 164 Å². The first-order valence-corrected chi connectivity index (χ1v) is 9.57. The fraction of sp³-hybridized carbons (Fsp3) is 0.273. The third kappa shape index (κ3) is 3.77. The molecule has 1 aliphatic heterocycles. The van der Waals surface area contributed by atoms with Crippen LogP contribution in [0.3, 0.4) is 0 Å². The van der Waals surface area contributed by atoms with Crippen LogP contribution in [0, 0.1) is 18.3 Å². The number of hydrogen-bond acceptors (Lipinski definition) is 5. The molecular weight excluding hydrogens is 348 g/mol. The highest BCUT2D eigenvalue weighted by atomic mass is 15.2. The topological polar surface area (TPSA) is 79.8 Å². The van der Waals surface area contributed by atoms with E-state index in [9.17, 15) is 5.26 Å². The molecule has 1 saturated heterocycles. The molecule has 1 aliphatic rings. The van der Waals surface area contributed by atoms with Crippen molar-refractivity contribution in [2.24, 2.45) is 0 Å². The highest BCUT2D eigenvalue weighted by Crippen LogP contribution is 2.30. The normalized spacial score (nSPS) is 15.1. The molecule has 0 aliphatic carbocycles. The van der Waals surface area contributed by atoms with Gasteiger partial charge in [0.05, 0.1) is 11.3 Å². The Balaban J connectivity index is 1.61. The summed E-state index contributed by atoms with van der Waals surface area (Å²) in [7, 11) is 0. The lowest BCUT2D eigenvalue weighted by atomic mass is 10.1. The van der Waals surface area contributed by atoms with Crippen LogP contribution < -0.4 is 10.6 Å². The zero-order valence-corrected chi connectivity index (χ0v) is 16.0. The first-order chi connectivity index (χ1) is 13.8. The molecule has 0 radical (unpaired) electrons. The molecule has 0 amide bonds. The quantitative estimate of drug-likeness (QED) is 0.640. The number of aryl methyl sites for hydroxylation is 1. The van der Waals surface area contributed by atoms with Crippen LogP contribution in [0.25, 0.3) is 17.0 Å². The van der Waals surface area contributed by atoms with Crippen molar-refractivity contribution in [1.29, 1.82) is 5.26 Å². The standard InChI is InChI=1S/C22H24N6/c1-16-19-6-7-26-21(19)5-4-20(16)27-22-17(14-25-15-18(22)13-23)3-2-10-28-11-8-24-9-12-28/h2-7,14-15,24,26H,8-12H2,1H3,(H,25,27). The third-order valence-corrected chi connectivity index (χ3v) is 5.23. The van der Waals surface area contributed by atoms with Crippen molar-refractivity contribution in [3.63, 3.8) is 0 Å². The minimum Gasteiger partial charge on any atom is -0.361 e. The van der Waals surface area contributed by atoms with E-state index in [1.54, 1.807) is 6.20 Å². The van der Waals surface area contributed by atoms with Crippen molar-refractivity contribution in [2.45, 2.75) is 6.92 Å². The van der Waals surface area contributed by atoms with Crippen molar-refractivity contribution in [3.05, 3.63) is 59.6 Å². The van der Waals surface area contributed by atoms with E-state index in [-0.39, 0.29) is 0 Å². The van der Waals surface area contributed by atoms with Crippen LogP contribution >= 0.6 is 0 Å². The van der Waals surface area contributed by atoms with E-state index in [0.29, 0.717) is 5.56 Å². The molecule has 3 aromatic rings.